The van der Waals surface area contributed by atoms with E-state index in [1.165, 1.54) is 0 Å². The van der Waals surface area contributed by atoms with Crippen molar-refractivity contribution < 1.29 is 9.53 Å². The van der Waals surface area contributed by atoms with Gasteiger partial charge in [-0.3, -0.25) is 9.69 Å². The minimum atomic E-state index is -0.0839. The Morgan fingerprint density at radius 3 is 2.95 bits per heavy atom. The number of carbonyl (C=O) groups excluding carboxylic acids is 1. The zero-order valence-electron chi connectivity index (χ0n) is 11.6. The van der Waals surface area contributed by atoms with E-state index in [4.69, 9.17) is 27.9 Å². The number of rotatable bonds is 4. The Kier molecular flexibility index (Phi) is 5.70. The van der Waals surface area contributed by atoms with E-state index >= 15 is 0 Å². The van der Waals surface area contributed by atoms with Crippen molar-refractivity contribution >= 4 is 29.2 Å². The van der Waals surface area contributed by atoms with Gasteiger partial charge in [-0.1, -0.05) is 29.3 Å². The van der Waals surface area contributed by atoms with Gasteiger partial charge >= 0.3 is 5.97 Å². The summed E-state index contributed by atoms with van der Waals surface area (Å²) in [7, 11) is 0. The van der Waals surface area contributed by atoms with Crippen molar-refractivity contribution in [2.24, 2.45) is 5.92 Å². The third kappa shape index (κ3) is 4.11. The molecule has 3 nitrogen and oxygen atoms in total. The van der Waals surface area contributed by atoms with Gasteiger partial charge in [-0.15, -0.1) is 0 Å². The van der Waals surface area contributed by atoms with Crippen molar-refractivity contribution in [3.05, 3.63) is 33.8 Å². The van der Waals surface area contributed by atoms with E-state index in [-0.39, 0.29) is 11.9 Å². The molecule has 1 aromatic rings. The first-order valence-corrected chi connectivity index (χ1v) is 7.68. The second kappa shape index (κ2) is 7.30. The third-order valence-corrected chi connectivity index (χ3v) is 4.12. The van der Waals surface area contributed by atoms with Gasteiger partial charge in [-0.05, 0) is 44.0 Å². The predicted octanol–water partition coefficient (Wildman–Crippen LogP) is 3.77. The Bertz CT molecular complexity index is 479. The van der Waals surface area contributed by atoms with Gasteiger partial charge in [0.25, 0.3) is 0 Å². The van der Waals surface area contributed by atoms with Crippen molar-refractivity contribution in [1.29, 1.82) is 0 Å². The number of hydrogen-bond acceptors (Lipinski definition) is 3. The Morgan fingerprint density at radius 1 is 1.45 bits per heavy atom. The van der Waals surface area contributed by atoms with Crippen LogP contribution in [0.1, 0.15) is 25.3 Å². The lowest BCUT2D eigenvalue weighted by Crippen LogP contribution is -2.38. The molecule has 0 aliphatic carbocycles. The van der Waals surface area contributed by atoms with E-state index in [0.717, 1.165) is 38.0 Å². The zero-order valence-corrected chi connectivity index (χ0v) is 13.1. The molecule has 0 saturated carbocycles. The van der Waals surface area contributed by atoms with Crippen molar-refractivity contribution in [2.45, 2.75) is 26.3 Å². The molecule has 0 bridgehead atoms. The fourth-order valence-electron chi connectivity index (χ4n) is 2.54. The lowest BCUT2D eigenvalue weighted by molar-refractivity contribution is -0.150. The molecule has 2 rings (SSSR count). The van der Waals surface area contributed by atoms with E-state index in [9.17, 15) is 4.79 Å². The monoisotopic (exact) mass is 315 g/mol. The molecule has 0 amide bonds. The fourth-order valence-corrected chi connectivity index (χ4v) is 3.01. The van der Waals surface area contributed by atoms with Gasteiger partial charge in [0.2, 0.25) is 0 Å². The molecule has 1 aliphatic heterocycles. The molecule has 0 spiro atoms. The quantitative estimate of drug-likeness (QED) is 0.792. The number of carbonyl (C=O) groups is 1. The summed E-state index contributed by atoms with van der Waals surface area (Å²) in [6.07, 6.45) is 1.92. The predicted molar refractivity (Wildman–Crippen MR) is 81.1 cm³/mol. The van der Waals surface area contributed by atoms with Crippen LogP contribution in [0.4, 0.5) is 0 Å². The van der Waals surface area contributed by atoms with Crippen LogP contribution in [-0.4, -0.2) is 30.6 Å². The highest BCUT2D eigenvalue weighted by atomic mass is 35.5. The van der Waals surface area contributed by atoms with Crippen LogP contribution < -0.4 is 0 Å². The van der Waals surface area contributed by atoms with E-state index < -0.39 is 0 Å². The normalized spacial score (nSPS) is 19.9. The molecule has 0 aromatic heterocycles. The summed E-state index contributed by atoms with van der Waals surface area (Å²) in [5.41, 5.74) is 1.04. The van der Waals surface area contributed by atoms with E-state index in [1.807, 2.05) is 19.1 Å². The summed E-state index contributed by atoms with van der Waals surface area (Å²) in [5.74, 6) is -0.103. The zero-order chi connectivity index (χ0) is 14.5. The van der Waals surface area contributed by atoms with Crippen molar-refractivity contribution in [3.8, 4) is 0 Å². The number of likely N-dealkylation sites (tertiary alicyclic amines) is 1. The first-order chi connectivity index (χ1) is 9.60. The van der Waals surface area contributed by atoms with Crippen LogP contribution in [0.15, 0.2) is 18.2 Å². The summed E-state index contributed by atoms with van der Waals surface area (Å²) in [6, 6.07) is 5.54. The van der Waals surface area contributed by atoms with E-state index in [1.54, 1.807) is 6.07 Å². The summed E-state index contributed by atoms with van der Waals surface area (Å²) < 4.78 is 5.11. The topological polar surface area (TPSA) is 29.5 Å². The van der Waals surface area contributed by atoms with Crippen LogP contribution in [0.25, 0.3) is 0 Å². The third-order valence-electron chi connectivity index (χ3n) is 3.53. The van der Waals surface area contributed by atoms with Crippen LogP contribution in [0, 0.1) is 5.92 Å². The Labute approximate surface area is 129 Å². The minimum Gasteiger partial charge on any atom is -0.466 e. The molecule has 20 heavy (non-hydrogen) atoms. The number of ether oxygens (including phenoxy) is 1. The van der Waals surface area contributed by atoms with Gasteiger partial charge in [0.1, 0.15) is 0 Å². The van der Waals surface area contributed by atoms with Crippen LogP contribution in [0.3, 0.4) is 0 Å². The number of halogens is 2. The molecule has 1 aromatic carbocycles. The molecule has 5 heteroatoms. The average molecular weight is 316 g/mol. The summed E-state index contributed by atoms with van der Waals surface area (Å²) in [5, 5.41) is 1.32. The van der Waals surface area contributed by atoms with Crippen LogP contribution >= 0.6 is 23.2 Å². The molecule has 1 heterocycles. The molecule has 1 atom stereocenters. The largest absolute Gasteiger partial charge is 0.466 e. The van der Waals surface area contributed by atoms with Crippen molar-refractivity contribution in [3.63, 3.8) is 0 Å². The molecule has 110 valence electrons. The maximum atomic E-state index is 11.8. The molecular weight excluding hydrogens is 297 g/mol. The summed E-state index contributed by atoms with van der Waals surface area (Å²) in [4.78, 5) is 14.1. The van der Waals surface area contributed by atoms with Crippen molar-refractivity contribution in [2.75, 3.05) is 19.7 Å². The summed E-state index contributed by atoms with van der Waals surface area (Å²) in [6.45, 7) is 4.74. The highest BCUT2D eigenvalue weighted by molar-refractivity contribution is 6.35. The first-order valence-electron chi connectivity index (χ1n) is 6.93. The second-order valence-corrected chi connectivity index (χ2v) is 5.91. The van der Waals surface area contributed by atoms with E-state index in [0.29, 0.717) is 16.7 Å². The standard InChI is InChI=1S/C15H19Cl2NO2/c1-2-20-15(19)12-4-3-7-18(10-12)9-11-5-6-13(16)8-14(11)17/h5-6,8,12H,2-4,7,9-10H2,1H3. The number of nitrogens with zero attached hydrogens (tertiary/aromatic N) is 1. The molecule has 0 N–H and O–H groups in total. The van der Waals surface area contributed by atoms with Gasteiger partial charge in [0.05, 0.1) is 12.5 Å². The molecule has 1 aliphatic rings. The van der Waals surface area contributed by atoms with Crippen LogP contribution in [0.5, 0.6) is 0 Å². The minimum absolute atomic E-state index is 0.0187. The first kappa shape index (κ1) is 15.6. The van der Waals surface area contributed by atoms with Gasteiger partial charge in [-0.2, -0.15) is 0 Å². The number of piperidine rings is 1. The highest BCUT2D eigenvalue weighted by Gasteiger charge is 2.26. The average Bonchev–Trinajstić information content (AvgIpc) is 2.43. The lowest BCUT2D eigenvalue weighted by atomic mass is 9.98. The Morgan fingerprint density at radius 2 is 2.25 bits per heavy atom. The van der Waals surface area contributed by atoms with Crippen LogP contribution in [-0.2, 0) is 16.1 Å². The van der Waals surface area contributed by atoms with Gasteiger partial charge in [0, 0.05) is 23.1 Å². The van der Waals surface area contributed by atoms with Gasteiger partial charge in [-0.25, -0.2) is 0 Å². The molecule has 1 unspecified atom stereocenters. The lowest BCUT2D eigenvalue weighted by Gasteiger charge is -2.31. The number of benzene rings is 1. The molecule has 1 saturated heterocycles. The Hall–Kier alpha value is -0.770. The summed E-state index contributed by atoms with van der Waals surface area (Å²) >= 11 is 12.1. The maximum absolute atomic E-state index is 11.8. The van der Waals surface area contributed by atoms with Crippen molar-refractivity contribution in [1.82, 2.24) is 4.90 Å². The SMILES string of the molecule is CCOC(=O)C1CCCN(Cc2ccc(Cl)cc2Cl)C1. The smallest absolute Gasteiger partial charge is 0.310 e. The van der Waals surface area contributed by atoms with E-state index in [2.05, 4.69) is 4.90 Å². The molecular formula is C15H19Cl2NO2. The fraction of sp³-hybridized carbons (Fsp3) is 0.533. The highest BCUT2D eigenvalue weighted by Crippen LogP contribution is 2.25. The second-order valence-electron chi connectivity index (χ2n) is 5.06. The molecule has 0 radical (unpaired) electrons. The number of hydrogen-bond donors (Lipinski definition) is 0. The Balaban J connectivity index is 1.97. The van der Waals surface area contributed by atoms with Gasteiger partial charge in [0.15, 0.2) is 0 Å². The van der Waals surface area contributed by atoms with Crippen LogP contribution in [0.2, 0.25) is 10.0 Å². The number of esters is 1. The maximum Gasteiger partial charge on any atom is 0.310 e. The van der Waals surface area contributed by atoms with Gasteiger partial charge < -0.3 is 4.74 Å². The molecule has 1 fully saturated rings.